The second kappa shape index (κ2) is 6.20. The average molecular weight is 202 g/mol. The molecule has 0 atom stereocenters. The van der Waals surface area contributed by atoms with Crippen molar-refractivity contribution in [3.05, 3.63) is 28.8 Å². The first-order valence-corrected chi connectivity index (χ1v) is 4.48. The number of aryl methyl sites for hydroxylation is 3. The molecule has 0 aromatic heterocycles. The van der Waals surface area contributed by atoms with E-state index in [-0.39, 0.29) is 57.1 Å². The van der Waals surface area contributed by atoms with Crippen LogP contribution in [0.15, 0.2) is 12.1 Å². The second-order valence-electron chi connectivity index (χ2n) is 3.12. The van der Waals surface area contributed by atoms with E-state index < -0.39 is 0 Å². The number of hydrogen-bond acceptors (Lipinski definition) is 1. The standard InChI is InChI=1S/C11H16O.K/c1-4-9-6-8(3)7-10(5-2)11(9)12;/h6-7,12H,4-5H2,1-3H3;/q;+1/p-1. The van der Waals surface area contributed by atoms with Gasteiger partial charge in [0.15, 0.2) is 0 Å². The molecule has 0 N–H and O–H groups in total. The quantitative estimate of drug-likeness (QED) is 0.576. The molecule has 2 heteroatoms. The van der Waals surface area contributed by atoms with Crippen LogP contribution in [0, 0.1) is 6.92 Å². The molecule has 0 bridgehead atoms. The summed E-state index contributed by atoms with van der Waals surface area (Å²) in [6.07, 6.45) is 1.68. The van der Waals surface area contributed by atoms with Gasteiger partial charge >= 0.3 is 51.4 Å². The van der Waals surface area contributed by atoms with Crippen LogP contribution in [0.4, 0.5) is 0 Å². The van der Waals surface area contributed by atoms with Crippen LogP contribution in [0.2, 0.25) is 0 Å². The zero-order chi connectivity index (χ0) is 9.14. The van der Waals surface area contributed by atoms with Crippen LogP contribution in [-0.2, 0) is 12.8 Å². The van der Waals surface area contributed by atoms with Crippen molar-refractivity contribution in [2.75, 3.05) is 0 Å². The van der Waals surface area contributed by atoms with Crippen molar-refractivity contribution in [3.63, 3.8) is 0 Å². The third-order valence-corrected chi connectivity index (χ3v) is 2.15. The molecule has 0 fully saturated rings. The summed E-state index contributed by atoms with van der Waals surface area (Å²) in [5.41, 5.74) is 3.10. The van der Waals surface area contributed by atoms with Gasteiger partial charge in [0.25, 0.3) is 0 Å². The van der Waals surface area contributed by atoms with Gasteiger partial charge in [-0.15, -0.1) is 5.75 Å². The molecule has 0 radical (unpaired) electrons. The summed E-state index contributed by atoms with van der Waals surface area (Å²) in [6, 6.07) is 3.98. The van der Waals surface area contributed by atoms with Crippen molar-refractivity contribution >= 4 is 0 Å². The van der Waals surface area contributed by atoms with E-state index in [0.717, 1.165) is 24.0 Å². The van der Waals surface area contributed by atoms with Gasteiger partial charge in [0, 0.05) is 0 Å². The molecule has 0 amide bonds. The van der Waals surface area contributed by atoms with E-state index in [4.69, 9.17) is 0 Å². The first-order chi connectivity index (χ1) is 5.69. The van der Waals surface area contributed by atoms with Gasteiger partial charge in [-0.05, 0) is 19.8 Å². The summed E-state index contributed by atoms with van der Waals surface area (Å²) in [5.74, 6) is 0.241. The average Bonchev–Trinajstić information content (AvgIpc) is 2.08. The van der Waals surface area contributed by atoms with E-state index >= 15 is 0 Å². The summed E-state index contributed by atoms with van der Waals surface area (Å²) in [5, 5.41) is 11.6. The van der Waals surface area contributed by atoms with Crippen molar-refractivity contribution in [1.82, 2.24) is 0 Å². The van der Waals surface area contributed by atoms with Crippen molar-refractivity contribution in [3.8, 4) is 5.75 Å². The van der Waals surface area contributed by atoms with E-state index in [1.165, 1.54) is 5.56 Å². The summed E-state index contributed by atoms with van der Waals surface area (Å²) >= 11 is 0. The summed E-state index contributed by atoms with van der Waals surface area (Å²) in [7, 11) is 0. The molecule has 1 aromatic rings. The molecule has 1 aromatic carbocycles. The maximum absolute atomic E-state index is 11.6. The van der Waals surface area contributed by atoms with Crippen LogP contribution in [0.1, 0.15) is 30.5 Å². The molecule has 1 rings (SSSR count). The summed E-state index contributed by atoms with van der Waals surface area (Å²) < 4.78 is 0. The second-order valence-corrected chi connectivity index (χ2v) is 3.12. The van der Waals surface area contributed by atoms with Gasteiger partial charge in [-0.25, -0.2) is 0 Å². The topological polar surface area (TPSA) is 23.1 Å². The molecule has 0 heterocycles. The molecule has 13 heavy (non-hydrogen) atoms. The smallest absolute Gasteiger partial charge is 0.872 e. The Morgan fingerprint density at radius 2 is 1.46 bits per heavy atom. The number of hydrogen-bond donors (Lipinski definition) is 0. The Morgan fingerprint density at radius 3 is 1.77 bits per heavy atom. The first-order valence-electron chi connectivity index (χ1n) is 4.48. The maximum Gasteiger partial charge on any atom is 1.00 e. The van der Waals surface area contributed by atoms with Crippen LogP contribution in [0.3, 0.4) is 0 Å². The Bertz CT molecular complexity index is 256. The van der Waals surface area contributed by atoms with Crippen LogP contribution in [-0.4, -0.2) is 0 Å². The largest absolute Gasteiger partial charge is 1.00 e. The molecule has 0 aliphatic rings. The van der Waals surface area contributed by atoms with E-state index in [1.807, 2.05) is 32.9 Å². The zero-order valence-electron chi connectivity index (χ0n) is 8.98. The van der Waals surface area contributed by atoms with Gasteiger partial charge in [0.2, 0.25) is 0 Å². The zero-order valence-corrected chi connectivity index (χ0v) is 12.1. The predicted molar refractivity (Wildman–Crippen MR) is 49.4 cm³/mol. The van der Waals surface area contributed by atoms with Gasteiger partial charge in [0.1, 0.15) is 0 Å². The number of benzene rings is 1. The Hall–Kier alpha value is 0.656. The molecule has 0 spiro atoms. The van der Waals surface area contributed by atoms with E-state index in [1.54, 1.807) is 0 Å². The third kappa shape index (κ3) is 3.37. The van der Waals surface area contributed by atoms with Gasteiger partial charge in [-0.1, -0.05) is 42.7 Å². The fourth-order valence-corrected chi connectivity index (χ4v) is 1.45. The molecule has 66 valence electrons. The van der Waals surface area contributed by atoms with Crippen molar-refractivity contribution in [2.45, 2.75) is 33.6 Å². The monoisotopic (exact) mass is 202 g/mol. The number of rotatable bonds is 2. The third-order valence-electron chi connectivity index (χ3n) is 2.15. The van der Waals surface area contributed by atoms with E-state index in [2.05, 4.69) is 0 Å². The molecule has 1 nitrogen and oxygen atoms in total. The van der Waals surface area contributed by atoms with Crippen LogP contribution >= 0.6 is 0 Å². The Morgan fingerprint density at radius 1 is 1.08 bits per heavy atom. The van der Waals surface area contributed by atoms with Crippen molar-refractivity contribution in [2.24, 2.45) is 0 Å². The maximum atomic E-state index is 11.6. The minimum Gasteiger partial charge on any atom is -0.872 e. The van der Waals surface area contributed by atoms with Gasteiger partial charge in [-0.3, -0.25) is 0 Å². The van der Waals surface area contributed by atoms with Crippen LogP contribution in [0.5, 0.6) is 5.75 Å². The SMILES string of the molecule is CCc1cc(C)cc(CC)c1[O-].[K+]. The molecule has 0 unspecified atom stereocenters. The summed E-state index contributed by atoms with van der Waals surface area (Å²) in [6.45, 7) is 6.09. The minimum absolute atomic E-state index is 0. The fourth-order valence-electron chi connectivity index (χ4n) is 1.45. The van der Waals surface area contributed by atoms with Crippen molar-refractivity contribution in [1.29, 1.82) is 0 Å². The molecule has 0 aliphatic heterocycles. The van der Waals surface area contributed by atoms with Crippen LogP contribution in [0.25, 0.3) is 0 Å². The van der Waals surface area contributed by atoms with Crippen molar-refractivity contribution < 1.29 is 56.5 Å². The van der Waals surface area contributed by atoms with Gasteiger partial charge in [-0.2, -0.15) is 0 Å². The van der Waals surface area contributed by atoms with E-state index in [0.29, 0.717) is 0 Å². The van der Waals surface area contributed by atoms with Gasteiger partial charge < -0.3 is 5.11 Å². The van der Waals surface area contributed by atoms with Gasteiger partial charge in [0.05, 0.1) is 0 Å². The minimum atomic E-state index is 0. The fraction of sp³-hybridized carbons (Fsp3) is 0.455. The Kier molecular flexibility index (Phi) is 6.51. The summed E-state index contributed by atoms with van der Waals surface area (Å²) in [4.78, 5) is 0. The molecular formula is C11H15KO. The molecule has 0 saturated heterocycles. The Labute approximate surface area is 123 Å². The molecule has 0 aliphatic carbocycles. The van der Waals surface area contributed by atoms with Crippen LogP contribution < -0.4 is 56.5 Å². The normalized spacial score (nSPS) is 9.46. The predicted octanol–water partition coefficient (Wildman–Crippen LogP) is -0.803. The Balaban J connectivity index is 0.00000144. The van der Waals surface area contributed by atoms with E-state index in [9.17, 15) is 5.11 Å². The first kappa shape index (κ1) is 13.7. The molecular weight excluding hydrogens is 187 g/mol. The molecule has 0 saturated carbocycles.